The van der Waals surface area contributed by atoms with Gasteiger partial charge in [-0.15, -0.1) is 0 Å². The lowest BCUT2D eigenvalue weighted by Crippen LogP contribution is -2.11. The van der Waals surface area contributed by atoms with Crippen molar-refractivity contribution < 1.29 is 9.59 Å². The van der Waals surface area contributed by atoms with Crippen LogP contribution in [0.4, 0.5) is 5.13 Å². The van der Waals surface area contributed by atoms with Gasteiger partial charge >= 0.3 is 0 Å². The number of aromatic nitrogens is 1. The average molecular weight is 419 g/mol. The van der Waals surface area contributed by atoms with Crippen LogP contribution in [0.2, 0.25) is 5.02 Å². The quantitative estimate of drug-likeness (QED) is 0.407. The highest BCUT2D eigenvalue weighted by molar-refractivity contribution is 7.18. The minimum Gasteiger partial charge on any atom is -0.298 e. The third-order valence-corrected chi connectivity index (χ3v) is 5.43. The summed E-state index contributed by atoms with van der Waals surface area (Å²) >= 11 is 7.13. The Labute approximate surface area is 176 Å². The van der Waals surface area contributed by atoms with Crippen molar-refractivity contribution >= 4 is 39.8 Å². The number of rotatable bonds is 5. The molecule has 0 aliphatic heterocycles. The third-order valence-electron chi connectivity index (χ3n) is 4.22. The largest absolute Gasteiger partial charge is 0.298 e. The highest BCUT2D eigenvalue weighted by Crippen LogP contribution is 2.33. The number of benzene rings is 3. The number of amides is 1. The van der Waals surface area contributed by atoms with Gasteiger partial charge in [0, 0.05) is 21.7 Å². The monoisotopic (exact) mass is 418 g/mol. The van der Waals surface area contributed by atoms with E-state index in [1.54, 1.807) is 36.4 Å². The summed E-state index contributed by atoms with van der Waals surface area (Å²) in [7, 11) is 0. The second kappa shape index (κ2) is 8.39. The van der Waals surface area contributed by atoms with Crippen LogP contribution in [-0.4, -0.2) is 16.7 Å². The van der Waals surface area contributed by atoms with Crippen molar-refractivity contribution in [3.63, 3.8) is 0 Å². The van der Waals surface area contributed by atoms with Crippen molar-refractivity contribution in [2.45, 2.75) is 0 Å². The molecule has 0 saturated carbocycles. The molecule has 1 heterocycles. The van der Waals surface area contributed by atoms with E-state index in [0.717, 1.165) is 16.9 Å². The number of nitrogens with one attached hydrogen (secondary N) is 1. The molecule has 6 heteroatoms. The van der Waals surface area contributed by atoms with Gasteiger partial charge in [-0.2, -0.15) is 0 Å². The fourth-order valence-electron chi connectivity index (χ4n) is 2.84. The number of hydrogen-bond donors (Lipinski definition) is 1. The van der Waals surface area contributed by atoms with Crippen LogP contribution in [0.3, 0.4) is 0 Å². The molecule has 4 nitrogen and oxygen atoms in total. The maximum absolute atomic E-state index is 13.1. The van der Waals surface area contributed by atoms with Gasteiger partial charge < -0.3 is 0 Å². The molecule has 1 amide bonds. The van der Waals surface area contributed by atoms with Crippen molar-refractivity contribution in [3.8, 4) is 11.3 Å². The molecule has 0 bridgehead atoms. The molecule has 0 fully saturated rings. The van der Waals surface area contributed by atoms with E-state index in [0.29, 0.717) is 31.9 Å². The zero-order valence-corrected chi connectivity index (χ0v) is 16.7. The molecule has 0 radical (unpaired) electrons. The lowest BCUT2D eigenvalue weighted by atomic mass is 10.1. The van der Waals surface area contributed by atoms with Gasteiger partial charge in [-0.05, 0) is 18.2 Å². The maximum Gasteiger partial charge on any atom is 0.257 e. The molecule has 4 rings (SSSR count). The number of ketones is 1. The van der Waals surface area contributed by atoms with Crippen molar-refractivity contribution in [1.29, 1.82) is 0 Å². The first kappa shape index (κ1) is 19.1. The minimum absolute atomic E-state index is 0.134. The maximum atomic E-state index is 13.1. The molecule has 4 aromatic rings. The van der Waals surface area contributed by atoms with Gasteiger partial charge in [-0.1, -0.05) is 89.7 Å². The van der Waals surface area contributed by atoms with Gasteiger partial charge in [0.05, 0.1) is 5.69 Å². The summed E-state index contributed by atoms with van der Waals surface area (Å²) in [6.45, 7) is 0. The molecule has 0 saturated heterocycles. The molecule has 3 aromatic carbocycles. The molecule has 0 atom stereocenters. The molecule has 0 unspecified atom stereocenters. The van der Waals surface area contributed by atoms with Crippen LogP contribution < -0.4 is 5.32 Å². The molecule has 1 aromatic heterocycles. The predicted octanol–water partition coefficient (Wildman–Crippen LogP) is 5.95. The van der Waals surface area contributed by atoms with E-state index in [4.69, 9.17) is 11.6 Å². The van der Waals surface area contributed by atoms with Crippen LogP contribution in [0.1, 0.15) is 25.6 Å². The molecular formula is C23H15ClN2O2S. The standard InChI is InChI=1S/C23H15ClN2O2S/c24-18-13-7-12-17(14-18)22(28)26-23-25-19(15-8-3-1-4-9-15)21(29-23)20(27)16-10-5-2-6-11-16/h1-14H,(H,25,26,28). The normalized spacial score (nSPS) is 10.5. The Morgan fingerprint density at radius 1 is 0.828 bits per heavy atom. The molecule has 0 spiro atoms. The number of thiazole rings is 1. The number of hydrogen-bond acceptors (Lipinski definition) is 4. The Kier molecular flexibility index (Phi) is 5.51. The van der Waals surface area contributed by atoms with E-state index >= 15 is 0 Å². The molecule has 142 valence electrons. The van der Waals surface area contributed by atoms with Crippen LogP contribution in [0.5, 0.6) is 0 Å². The van der Waals surface area contributed by atoms with Gasteiger partial charge in [0.15, 0.2) is 5.13 Å². The SMILES string of the molecule is O=C(Nc1nc(-c2ccccc2)c(C(=O)c2ccccc2)s1)c1cccc(Cl)c1. The Bertz CT molecular complexity index is 1170. The zero-order valence-electron chi connectivity index (χ0n) is 15.1. The van der Waals surface area contributed by atoms with Crippen molar-refractivity contribution in [3.05, 3.63) is 106 Å². The Balaban J connectivity index is 1.72. The van der Waals surface area contributed by atoms with Crippen LogP contribution >= 0.6 is 22.9 Å². The summed E-state index contributed by atoms with van der Waals surface area (Å²) in [5.74, 6) is -0.468. The van der Waals surface area contributed by atoms with Gasteiger partial charge in [-0.25, -0.2) is 4.98 Å². The fraction of sp³-hybridized carbons (Fsp3) is 0. The van der Waals surface area contributed by atoms with Crippen LogP contribution in [0.25, 0.3) is 11.3 Å². The smallest absolute Gasteiger partial charge is 0.257 e. The van der Waals surface area contributed by atoms with E-state index < -0.39 is 0 Å². The number of nitrogens with zero attached hydrogens (tertiary/aromatic N) is 1. The number of carbonyl (C=O) groups excluding carboxylic acids is 2. The lowest BCUT2D eigenvalue weighted by molar-refractivity contribution is 0.102. The highest BCUT2D eigenvalue weighted by Gasteiger charge is 2.22. The first-order valence-corrected chi connectivity index (χ1v) is 10.0. The van der Waals surface area contributed by atoms with Gasteiger partial charge in [0.25, 0.3) is 5.91 Å². The lowest BCUT2D eigenvalue weighted by Gasteiger charge is -2.02. The zero-order chi connectivity index (χ0) is 20.2. The van der Waals surface area contributed by atoms with E-state index in [-0.39, 0.29) is 11.7 Å². The van der Waals surface area contributed by atoms with Crippen molar-refractivity contribution in [1.82, 2.24) is 4.98 Å². The second-order valence-corrected chi connectivity index (χ2v) is 7.66. The topological polar surface area (TPSA) is 59.1 Å². The Morgan fingerprint density at radius 2 is 1.48 bits per heavy atom. The number of carbonyl (C=O) groups is 2. The summed E-state index contributed by atoms with van der Waals surface area (Å²) in [6.07, 6.45) is 0. The van der Waals surface area contributed by atoms with Crippen LogP contribution in [-0.2, 0) is 0 Å². The molecular weight excluding hydrogens is 404 g/mol. The number of anilines is 1. The van der Waals surface area contributed by atoms with E-state index in [9.17, 15) is 9.59 Å². The summed E-state index contributed by atoms with van der Waals surface area (Å²) in [5.41, 5.74) is 2.35. The molecule has 0 aliphatic rings. The third kappa shape index (κ3) is 4.26. The molecule has 0 aliphatic carbocycles. The van der Waals surface area contributed by atoms with Gasteiger partial charge in [-0.3, -0.25) is 14.9 Å². The van der Waals surface area contributed by atoms with Crippen LogP contribution in [0, 0.1) is 0 Å². The molecule has 1 N–H and O–H groups in total. The van der Waals surface area contributed by atoms with E-state index in [2.05, 4.69) is 10.3 Å². The average Bonchev–Trinajstić information content (AvgIpc) is 3.18. The van der Waals surface area contributed by atoms with Crippen molar-refractivity contribution in [2.24, 2.45) is 0 Å². The minimum atomic E-state index is -0.334. The Hall–Kier alpha value is -3.28. The van der Waals surface area contributed by atoms with Gasteiger partial charge in [0.1, 0.15) is 4.88 Å². The molecule has 29 heavy (non-hydrogen) atoms. The first-order chi connectivity index (χ1) is 14.1. The summed E-state index contributed by atoms with van der Waals surface area (Å²) < 4.78 is 0. The highest BCUT2D eigenvalue weighted by atomic mass is 35.5. The predicted molar refractivity (Wildman–Crippen MR) is 117 cm³/mol. The van der Waals surface area contributed by atoms with Crippen molar-refractivity contribution in [2.75, 3.05) is 5.32 Å². The summed E-state index contributed by atoms with van der Waals surface area (Å²) in [5, 5.41) is 3.61. The van der Waals surface area contributed by atoms with Crippen LogP contribution in [0.15, 0.2) is 84.9 Å². The number of halogens is 1. The Morgan fingerprint density at radius 3 is 2.17 bits per heavy atom. The second-order valence-electron chi connectivity index (χ2n) is 6.22. The summed E-state index contributed by atoms with van der Waals surface area (Å²) in [4.78, 5) is 30.7. The van der Waals surface area contributed by atoms with E-state index in [1.807, 2.05) is 48.5 Å². The van der Waals surface area contributed by atoms with E-state index in [1.165, 1.54) is 0 Å². The summed E-state index contributed by atoms with van der Waals surface area (Å²) in [6, 6.07) is 25.1. The first-order valence-electron chi connectivity index (χ1n) is 8.85. The van der Waals surface area contributed by atoms with Gasteiger partial charge in [0.2, 0.25) is 5.78 Å². The fourth-order valence-corrected chi connectivity index (χ4v) is 3.97.